The fraction of sp³-hybridized carbons (Fsp3) is 0.879. The highest BCUT2D eigenvalue weighted by molar-refractivity contribution is 5.32. The third kappa shape index (κ3) is 38.4. The van der Waals surface area contributed by atoms with Gasteiger partial charge in [-0.15, -0.1) is 0 Å². The Morgan fingerprint density at radius 3 is 1.50 bits per heavy atom. The van der Waals surface area contributed by atoms with Gasteiger partial charge in [0.1, 0.15) is 0 Å². The highest BCUT2D eigenvalue weighted by Gasteiger charge is 2.51. The average molecular weight is 1490 g/mol. The van der Waals surface area contributed by atoms with Gasteiger partial charge in [-0.3, -0.25) is 0 Å². The zero-order valence-electron chi connectivity index (χ0n) is 73.7. The van der Waals surface area contributed by atoms with E-state index < -0.39 is 0 Å². The van der Waals surface area contributed by atoms with Crippen molar-refractivity contribution in [2.45, 2.75) is 435 Å². The standard InChI is InChI=1S/C24H32O.C17H32O.C16H28O.C15H30O.C14H28O2.C13H26O2/c1-20(25-18-17-21-11-5-2-6-12-21)19-24(22-13-7-3-8-14-22)23-15-9-4-10-16-23;1-14(8-5-6-10-16(2,3)4)18-17-11-7-9-15(12-17)13-17;1-3-17-12(2)4-5-16-9-13-6-14(10-16)8-15(7-13)11-16;1-13(2)12-16-14(3)8-7-11-15-9-5-4-6-10-15;1-11(2)10-16-12(3)9-14(4,5)13-7-6-8-15-13;1-12(15-11-10-14-3)6-9-13(2)7-4-5-8-13/h3-4,7-10,13-16,20-21,24H,2,5-6,11-12,17-19H2,1H3;14-15H,5-13H2,1-4H3;12-15H,3-11H2,1-2H3;13-15H,4-12H2,1-3H3;11-13H,6-10H2,1-5H3;12H,4-11H2,1-3H3. The van der Waals surface area contributed by atoms with E-state index in [2.05, 4.69) is 178 Å². The lowest BCUT2D eigenvalue weighted by molar-refractivity contribution is -0.183. The molecule has 13 rings (SSSR count). The zero-order chi connectivity index (χ0) is 77.6. The van der Waals surface area contributed by atoms with Crippen molar-refractivity contribution in [3.8, 4) is 0 Å². The first kappa shape index (κ1) is 94.0. The first-order valence-electron chi connectivity index (χ1n) is 46.1. The molecule has 0 spiro atoms. The van der Waals surface area contributed by atoms with E-state index in [0.29, 0.717) is 77.4 Å². The van der Waals surface area contributed by atoms with Crippen LogP contribution >= 0.6 is 0 Å². The first-order chi connectivity index (χ1) is 51.2. The van der Waals surface area contributed by atoms with Crippen LogP contribution < -0.4 is 0 Å². The van der Waals surface area contributed by atoms with Crippen LogP contribution in [0.2, 0.25) is 0 Å². The van der Waals surface area contributed by atoms with Crippen molar-refractivity contribution < 1.29 is 37.9 Å². The Morgan fingerprint density at radius 1 is 0.467 bits per heavy atom. The Kier molecular flexibility index (Phi) is 44.3. The van der Waals surface area contributed by atoms with Crippen LogP contribution in [0, 0.1) is 69.0 Å². The van der Waals surface area contributed by atoms with Crippen molar-refractivity contribution >= 4 is 0 Å². The summed E-state index contributed by atoms with van der Waals surface area (Å²) in [5, 5.41) is 0. The molecule has 2 aromatic carbocycles. The number of unbranched alkanes of at least 4 members (excludes halogenated alkanes) is 1. The minimum Gasteiger partial charge on any atom is -0.382 e. The van der Waals surface area contributed by atoms with Gasteiger partial charge in [0.2, 0.25) is 0 Å². The molecule has 10 aliphatic carbocycles. The molecule has 6 bridgehead atoms. The molecule has 0 N–H and O–H groups in total. The number of rotatable bonds is 39. The van der Waals surface area contributed by atoms with E-state index in [9.17, 15) is 0 Å². The number of ether oxygens (including phenoxy) is 8. The number of hydrogen-bond acceptors (Lipinski definition) is 8. The zero-order valence-corrected chi connectivity index (χ0v) is 73.7. The lowest BCUT2D eigenvalue weighted by atomic mass is 9.48. The molecule has 0 amide bonds. The average Bonchev–Trinajstić information content (AvgIpc) is 1.06. The number of benzene rings is 2. The third-order valence-corrected chi connectivity index (χ3v) is 26.8. The molecule has 107 heavy (non-hydrogen) atoms. The van der Waals surface area contributed by atoms with Crippen molar-refractivity contribution in [1.29, 1.82) is 0 Å². The lowest BCUT2D eigenvalue weighted by Crippen LogP contribution is -2.51. The highest BCUT2D eigenvalue weighted by Crippen LogP contribution is 2.62. The minimum absolute atomic E-state index is 0.243. The van der Waals surface area contributed by atoms with Crippen LogP contribution in [0.25, 0.3) is 0 Å². The summed E-state index contributed by atoms with van der Waals surface area (Å²) in [5.74, 6) is 7.94. The Balaban J connectivity index is 0.000000203. The molecule has 1 heterocycles. The van der Waals surface area contributed by atoms with Crippen LogP contribution in [-0.2, 0) is 37.9 Å². The Morgan fingerprint density at radius 2 is 0.991 bits per heavy atom. The smallest absolute Gasteiger partial charge is 0.0703 e. The summed E-state index contributed by atoms with van der Waals surface area (Å²) in [6.45, 7) is 44.3. The topological polar surface area (TPSA) is 73.8 Å². The third-order valence-electron chi connectivity index (χ3n) is 26.8. The quantitative estimate of drug-likeness (QED) is 0.0613. The normalized spacial score (nSPS) is 26.3. The van der Waals surface area contributed by atoms with Gasteiger partial charge in [-0.1, -0.05) is 245 Å². The summed E-state index contributed by atoms with van der Waals surface area (Å²) >= 11 is 0. The molecule has 7 atom stereocenters. The van der Waals surface area contributed by atoms with Gasteiger partial charge in [-0.2, -0.15) is 0 Å². The van der Waals surface area contributed by atoms with Crippen molar-refractivity contribution in [1.82, 2.24) is 0 Å². The molecule has 1 saturated heterocycles. The van der Waals surface area contributed by atoms with E-state index in [0.717, 1.165) is 93.4 Å². The monoisotopic (exact) mass is 1490 g/mol. The minimum atomic E-state index is 0.243. The lowest BCUT2D eigenvalue weighted by Gasteiger charge is -2.57. The van der Waals surface area contributed by atoms with Crippen LogP contribution in [0.4, 0.5) is 0 Å². The maximum Gasteiger partial charge on any atom is 0.0703 e. The Labute approximate surface area is 663 Å². The molecule has 620 valence electrons. The second-order valence-electron chi connectivity index (χ2n) is 40.3. The number of methoxy groups -OCH3 is 1. The van der Waals surface area contributed by atoms with Gasteiger partial charge in [0.25, 0.3) is 0 Å². The summed E-state index contributed by atoms with van der Waals surface area (Å²) in [7, 11) is 1.72. The van der Waals surface area contributed by atoms with E-state index >= 15 is 0 Å². The van der Waals surface area contributed by atoms with E-state index in [1.54, 1.807) is 45.6 Å². The van der Waals surface area contributed by atoms with E-state index in [1.165, 1.54) is 223 Å². The number of hydrogen-bond donors (Lipinski definition) is 0. The molecule has 8 heteroatoms. The molecule has 0 radical (unpaired) electrons. The number of fused-ring (bicyclic) bond motifs is 2. The van der Waals surface area contributed by atoms with E-state index in [1.807, 2.05) is 0 Å². The van der Waals surface area contributed by atoms with Gasteiger partial charge in [0.15, 0.2) is 0 Å². The van der Waals surface area contributed by atoms with Gasteiger partial charge in [0, 0.05) is 46.1 Å². The molecule has 8 nitrogen and oxygen atoms in total. The van der Waals surface area contributed by atoms with Gasteiger partial charge < -0.3 is 37.9 Å². The van der Waals surface area contributed by atoms with Crippen LogP contribution in [0.5, 0.6) is 0 Å². The fourth-order valence-electron chi connectivity index (χ4n) is 21.0. The van der Waals surface area contributed by atoms with E-state index in [-0.39, 0.29) is 11.5 Å². The van der Waals surface area contributed by atoms with Crippen molar-refractivity contribution in [2.75, 3.05) is 53.4 Å². The fourth-order valence-corrected chi connectivity index (χ4v) is 21.0. The SMILES string of the molecule is CC(C)COC(C)CC(C)(C)C1CCCO1.CC(C)COC(C)CCCC1CCCCC1.CC(CC(c1ccccc1)c1ccccc1)OCCC1CCCCC1.CC(CCCCC(C)(C)C)OC12CCCC(C1)C2.CCOC(C)CCC12CC3CC(CC(C3)C1)C2.COCCOC(C)CCC1(C)CCCC1. The van der Waals surface area contributed by atoms with Gasteiger partial charge >= 0.3 is 0 Å². The Bertz CT molecular complexity index is 2390. The summed E-state index contributed by atoms with van der Waals surface area (Å²) < 4.78 is 46.4. The predicted octanol–water partition coefficient (Wildman–Crippen LogP) is 28.2. The predicted molar refractivity (Wildman–Crippen MR) is 456 cm³/mol. The van der Waals surface area contributed by atoms with Crippen LogP contribution in [0.3, 0.4) is 0 Å². The molecular weight excluding hydrogens is 1320 g/mol. The maximum absolute atomic E-state index is 6.38. The second-order valence-corrected chi connectivity index (χ2v) is 40.3. The molecule has 1 aliphatic heterocycles. The van der Waals surface area contributed by atoms with Crippen LogP contribution in [0.15, 0.2) is 60.7 Å². The maximum atomic E-state index is 6.38. The van der Waals surface area contributed by atoms with Crippen LogP contribution in [-0.4, -0.2) is 102 Å². The van der Waals surface area contributed by atoms with Crippen molar-refractivity contribution in [2.24, 2.45) is 69.0 Å². The second kappa shape index (κ2) is 50.5. The molecule has 0 aromatic heterocycles. The Hall–Kier alpha value is -1.88. The van der Waals surface area contributed by atoms with Gasteiger partial charge in [-0.25, -0.2) is 0 Å². The first-order valence-corrected chi connectivity index (χ1v) is 46.1. The molecular formula is C99H176O8. The van der Waals surface area contributed by atoms with Crippen LogP contribution in [0.1, 0.15) is 398 Å². The summed E-state index contributed by atoms with van der Waals surface area (Å²) in [5.41, 5.74) is 5.19. The molecule has 2 aromatic rings. The van der Waals surface area contributed by atoms with Gasteiger partial charge in [0.05, 0.1) is 61.5 Å². The van der Waals surface area contributed by atoms with Crippen molar-refractivity contribution in [3.05, 3.63) is 71.8 Å². The molecule has 11 fully saturated rings. The van der Waals surface area contributed by atoms with Crippen molar-refractivity contribution in [3.63, 3.8) is 0 Å². The summed E-state index contributed by atoms with van der Waals surface area (Å²) in [6, 6.07) is 21.7. The molecule has 7 unspecified atom stereocenters. The van der Waals surface area contributed by atoms with Gasteiger partial charge in [-0.05, 0) is 276 Å². The largest absolute Gasteiger partial charge is 0.382 e. The molecule has 11 aliphatic rings. The highest BCUT2D eigenvalue weighted by atomic mass is 16.5. The van der Waals surface area contributed by atoms with E-state index in [4.69, 9.17) is 37.9 Å². The summed E-state index contributed by atoms with van der Waals surface area (Å²) in [6.07, 6.45) is 59.7. The summed E-state index contributed by atoms with van der Waals surface area (Å²) in [4.78, 5) is 0. The molecule has 10 saturated carbocycles.